The Kier molecular flexibility index (Phi) is 5.10. The van der Waals surface area contributed by atoms with E-state index in [4.69, 9.17) is 4.74 Å². The molecule has 0 fully saturated rings. The summed E-state index contributed by atoms with van der Waals surface area (Å²) in [6.07, 6.45) is 2.27. The number of nitrogens with zero attached hydrogens (tertiary/aromatic N) is 2. The Bertz CT molecular complexity index is 1410. The number of benzene rings is 4. The first-order valence-electron chi connectivity index (χ1n) is 10.9. The Labute approximate surface area is 189 Å². The van der Waals surface area contributed by atoms with Crippen molar-refractivity contribution in [1.82, 2.24) is 4.57 Å². The smallest absolute Gasteiger partial charge is 0.125 e. The highest BCUT2D eigenvalue weighted by Crippen LogP contribution is 2.42. The summed E-state index contributed by atoms with van der Waals surface area (Å²) in [5.74, 6) is 0.958. The van der Waals surface area contributed by atoms with Crippen LogP contribution in [0.25, 0.3) is 21.7 Å². The molecule has 5 aromatic rings. The van der Waals surface area contributed by atoms with Crippen molar-refractivity contribution in [1.29, 1.82) is 0 Å². The van der Waals surface area contributed by atoms with Crippen LogP contribution >= 0.6 is 0 Å². The van der Waals surface area contributed by atoms with Crippen LogP contribution in [0, 0.1) is 0 Å². The van der Waals surface area contributed by atoms with Gasteiger partial charge < -0.3 is 14.2 Å². The molecular weight excluding hydrogens is 392 g/mol. The standard InChI is InChI=1S/C29H28N2O/c1-30(2)23-15-16-25(28(18-23)32-4)29(22-14-13-20-9-5-6-10-21(20)17-22)26-19-31(3)27-12-8-7-11-24(26)27/h5-19,29H,1-4H3. The van der Waals surface area contributed by atoms with E-state index in [1.807, 2.05) is 0 Å². The summed E-state index contributed by atoms with van der Waals surface area (Å²) >= 11 is 0. The third-order valence-corrected chi connectivity index (χ3v) is 6.39. The minimum atomic E-state index is 0.0527. The molecule has 3 nitrogen and oxygen atoms in total. The monoisotopic (exact) mass is 420 g/mol. The Hall–Kier alpha value is -3.72. The van der Waals surface area contributed by atoms with Gasteiger partial charge in [-0.1, -0.05) is 66.7 Å². The Morgan fingerprint density at radius 2 is 1.53 bits per heavy atom. The lowest BCUT2D eigenvalue weighted by Gasteiger charge is -2.23. The van der Waals surface area contributed by atoms with E-state index in [0.717, 1.165) is 11.4 Å². The molecule has 1 unspecified atom stereocenters. The van der Waals surface area contributed by atoms with Crippen LogP contribution in [-0.4, -0.2) is 25.8 Å². The molecule has 0 aliphatic carbocycles. The zero-order valence-corrected chi connectivity index (χ0v) is 19.0. The van der Waals surface area contributed by atoms with Gasteiger partial charge in [-0.2, -0.15) is 0 Å². The van der Waals surface area contributed by atoms with E-state index in [9.17, 15) is 0 Å². The fraction of sp³-hybridized carbons (Fsp3) is 0.172. The number of ether oxygens (including phenoxy) is 1. The van der Waals surface area contributed by atoms with Gasteiger partial charge in [0.05, 0.1) is 7.11 Å². The molecule has 0 saturated heterocycles. The number of aromatic nitrogens is 1. The summed E-state index contributed by atoms with van der Waals surface area (Å²) < 4.78 is 8.15. The molecule has 0 aliphatic heterocycles. The minimum Gasteiger partial charge on any atom is -0.496 e. The van der Waals surface area contributed by atoms with Crippen LogP contribution in [0.2, 0.25) is 0 Å². The molecule has 1 aromatic heterocycles. The van der Waals surface area contributed by atoms with Gasteiger partial charge in [-0.15, -0.1) is 0 Å². The normalized spacial score (nSPS) is 12.2. The van der Waals surface area contributed by atoms with Crippen molar-refractivity contribution in [2.45, 2.75) is 5.92 Å². The van der Waals surface area contributed by atoms with Crippen LogP contribution in [0.5, 0.6) is 5.75 Å². The lowest BCUT2D eigenvalue weighted by atomic mass is 9.83. The second kappa shape index (κ2) is 8.08. The number of rotatable bonds is 5. The van der Waals surface area contributed by atoms with Gasteiger partial charge in [0.2, 0.25) is 0 Å². The van der Waals surface area contributed by atoms with E-state index in [2.05, 4.69) is 122 Å². The Balaban J connectivity index is 1.79. The number of hydrogen-bond acceptors (Lipinski definition) is 2. The lowest BCUT2D eigenvalue weighted by molar-refractivity contribution is 0.409. The third-order valence-electron chi connectivity index (χ3n) is 6.39. The van der Waals surface area contributed by atoms with Gasteiger partial charge in [-0.05, 0) is 34.0 Å². The SMILES string of the molecule is COc1cc(N(C)C)ccc1C(c1ccc2ccccc2c1)c1cn(C)c2ccccc12. The molecule has 3 heteroatoms. The van der Waals surface area contributed by atoms with Crippen molar-refractivity contribution in [2.24, 2.45) is 7.05 Å². The number of anilines is 1. The van der Waals surface area contributed by atoms with Gasteiger partial charge in [0.1, 0.15) is 5.75 Å². The summed E-state index contributed by atoms with van der Waals surface area (Å²) in [6, 6.07) is 30.5. The number of methoxy groups -OCH3 is 1. The maximum absolute atomic E-state index is 5.93. The van der Waals surface area contributed by atoms with Crippen molar-refractivity contribution < 1.29 is 4.74 Å². The fourth-order valence-electron chi connectivity index (χ4n) is 4.73. The number of aryl methyl sites for hydroxylation is 1. The molecule has 0 N–H and O–H groups in total. The second-order valence-corrected chi connectivity index (χ2v) is 8.57. The van der Waals surface area contributed by atoms with Gasteiger partial charge >= 0.3 is 0 Å². The van der Waals surface area contributed by atoms with Crippen LogP contribution in [-0.2, 0) is 7.05 Å². The molecular formula is C29H28N2O. The lowest BCUT2D eigenvalue weighted by Crippen LogP contribution is -2.10. The largest absolute Gasteiger partial charge is 0.496 e. The summed E-state index contributed by atoms with van der Waals surface area (Å²) in [5, 5.41) is 3.77. The summed E-state index contributed by atoms with van der Waals surface area (Å²) in [5.41, 5.74) is 6.08. The van der Waals surface area contributed by atoms with Crippen LogP contribution in [0.15, 0.2) is 91.1 Å². The average molecular weight is 421 g/mol. The van der Waals surface area contributed by atoms with Gasteiger partial charge in [0.25, 0.3) is 0 Å². The van der Waals surface area contributed by atoms with Crippen LogP contribution in [0.4, 0.5) is 5.69 Å². The van der Waals surface area contributed by atoms with E-state index in [1.165, 1.54) is 38.4 Å². The highest BCUT2D eigenvalue weighted by atomic mass is 16.5. The van der Waals surface area contributed by atoms with Crippen molar-refractivity contribution in [3.63, 3.8) is 0 Å². The van der Waals surface area contributed by atoms with Crippen molar-refractivity contribution >= 4 is 27.4 Å². The zero-order valence-electron chi connectivity index (χ0n) is 19.0. The molecule has 5 rings (SSSR count). The molecule has 4 aromatic carbocycles. The first kappa shape index (κ1) is 20.2. The van der Waals surface area contributed by atoms with Crippen LogP contribution in [0.3, 0.4) is 0 Å². The average Bonchev–Trinajstić information content (AvgIpc) is 3.15. The quantitative estimate of drug-likeness (QED) is 0.319. The first-order chi connectivity index (χ1) is 15.6. The summed E-state index contributed by atoms with van der Waals surface area (Å²) in [6.45, 7) is 0. The van der Waals surface area contributed by atoms with E-state index in [-0.39, 0.29) is 5.92 Å². The predicted molar refractivity (Wildman–Crippen MR) is 135 cm³/mol. The van der Waals surface area contributed by atoms with Gasteiger partial charge in [-0.25, -0.2) is 0 Å². The van der Waals surface area contributed by atoms with Crippen molar-refractivity contribution in [3.05, 3.63) is 108 Å². The van der Waals surface area contributed by atoms with Crippen molar-refractivity contribution in [3.8, 4) is 5.75 Å². The van der Waals surface area contributed by atoms with E-state index in [0.29, 0.717) is 0 Å². The van der Waals surface area contributed by atoms with Gasteiger partial charge in [0, 0.05) is 61.5 Å². The molecule has 0 amide bonds. The van der Waals surface area contributed by atoms with Crippen molar-refractivity contribution in [2.75, 3.05) is 26.1 Å². The molecule has 0 bridgehead atoms. The van der Waals surface area contributed by atoms with E-state index >= 15 is 0 Å². The molecule has 160 valence electrons. The molecule has 1 heterocycles. The van der Waals surface area contributed by atoms with Crippen LogP contribution in [0.1, 0.15) is 22.6 Å². The highest BCUT2D eigenvalue weighted by Gasteiger charge is 2.25. The molecule has 32 heavy (non-hydrogen) atoms. The van der Waals surface area contributed by atoms with Gasteiger partial charge in [-0.3, -0.25) is 0 Å². The zero-order chi connectivity index (χ0) is 22.2. The maximum Gasteiger partial charge on any atom is 0.125 e. The first-order valence-corrected chi connectivity index (χ1v) is 10.9. The minimum absolute atomic E-state index is 0.0527. The van der Waals surface area contributed by atoms with E-state index in [1.54, 1.807) is 7.11 Å². The van der Waals surface area contributed by atoms with Crippen LogP contribution < -0.4 is 9.64 Å². The summed E-state index contributed by atoms with van der Waals surface area (Å²) in [4.78, 5) is 2.11. The second-order valence-electron chi connectivity index (χ2n) is 8.57. The molecule has 0 radical (unpaired) electrons. The fourth-order valence-corrected chi connectivity index (χ4v) is 4.73. The highest BCUT2D eigenvalue weighted by molar-refractivity contribution is 5.87. The third kappa shape index (κ3) is 3.40. The predicted octanol–water partition coefficient (Wildman–Crippen LogP) is 6.59. The Morgan fingerprint density at radius 1 is 0.781 bits per heavy atom. The maximum atomic E-state index is 5.93. The molecule has 0 spiro atoms. The Morgan fingerprint density at radius 3 is 2.31 bits per heavy atom. The number of para-hydroxylation sites is 1. The summed E-state index contributed by atoms with van der Waals surface area (Å²) in [7, 11) is 7.99. The topological polar surface area (TPSA) is 17.4 Å². The molecule has 0 saturated carbocycles. The number of fused-ring (bicyclic) bond motifs is 2. The van der Waals surface area contributed by atoms with E-state index < -0.39 is 0 Å². The molecule has 0 aliphatic rings. The number of hydrogen-bond donors (Lipinski definition) is 0. The molecule has 1 atom stereocenters. The van der Waals surface area contributed by atoms with Gasteiger partial charge in [0.15, 0.2) is 0 Å².